The van der Waals surface area contributed by atoms with Crippen LogP contribution in [0, 0.1) is 5.92 Å². The fourth-order valence-electron chi connectivity index (χ4n) is 2.82. The number of para-hydroxylation sites is 1. The minimum Gasteiger partial charge on any atom is -0.449 e. The lowest BCUT2D eigenvalue weighted by molar-refractivity contribution is 0.159. The molecule has 0 N–H and O–H groups in total. The van der Waals surface area contributed by atoms with Crippen LogP contribution in [0.25, 0.3) is 21.8 Å². The van der Waals surface area contributed by atoms with Gasteiger partial charge in [-0.05, 0) is 18.9 Å². The largest absolute Gasteiger partial charge is 0.449 e. The Kier molecular flexibility index (Phi) is 4.38. The highest BCUT2D eigenvalue weighted by Crippen LogP contribution is 2.31. The molecule has 0 atom stereocenters. The zero-order valence-electron chi connectivity index (χ0n) is 14.5. The molecule has 0 unspecified atom stereocenters. The van der Waals surface area contributed by atoms with Crippen LogP contribution in [0.3, 0.4) is 0 Å². The highest BCUT2D eigenvalue weighted by atomic mass is 16.6. The lowest BCUT2D eigenvalue weighted by Gasteiger charge is -2.23. The summed E-state index contributed by atoms with van der Waals surface area (Å²) in [6, 6.07) is 7.89. The van der Waals surface area contributed by atoms with E-state index in [2.05, 4.69) is 18.9 Å². The third-order valence-corrected chi connectivity index (χ3v) is 3.75. The standard InChI is InChI=1S/C18H22N4O2/c1-5-24-18(23)22(10-12(2)3)17-16-14(11-21(4)20-16)13-8-6-7-9-15(13)19-17/h6-9,11-12H,5,10H2,1-4H3. The number of nitrogens with zero attached hydrogens (tertiary/aromatic N) is 4. The second kappa shape index (κ2) is 6.47. The SMILES string of the molecule is CCOC(=O)N(CC(C)C)c1nc2ccccc2c2cn(C)nc12. The van der Waals surface area contributed by atoms with E-state index in [1.165, 1.54) is 0 Å². The molecule has 3 aromatic rings. The molecule has 6 heteroatoms. The molecule has 2 heterocycles. The molecular formula is C18H22N4O2. The van der Waals surface area contributed by atoms with Crippen molar-refractivity contribution in [2.45, 2.75) is 20.8 Å². The summed E-state index contributed by atoms with van der Waals surface area (Å²) in [7, 11) is 1.87. The number of aromatic nitrogens is 3. The van der Waals surface area contributed by atoms with Gasteiger partial charge in [-0.25, -0.2) is 9.78 Å². The van der Waals surface area contributed by atoms with Crippen molar-refractivity contribution in [2.75, 3.05) is 18.1 Å². The number of hydrogen-bond donors (Lipinski definition) is 0. The van der Waals surface area contributed by atoms with E-state index >= 15 is 0 Å². The van der Waals surface area contributed by atoms with Gasteiger partial charge in [-0.3, -0.25) is 9.58 Å². The number of benzene rings is 1. The Hall–Kier alpha value is -2.63. The number of hydrogen-bond acceptors (Lipinski definition) is 4. The smallest absolute Gasteiger partial charge is 0.415 e. The molecule has 0 saturated heterocycles. The molecule has 24 heavy (non-hydrogen) atoms. The van der Waals surface area contributed by atoms with Crippen LogP contribution in [0.15, 0.2) is 30.5 Å². The second-order valence-electron chi connectivity index (χ2n) is 6.22. The fraction of sp³-hybridized carbons (Fsp3) is 0.389. The van der Waals surface area contributed by atoms with E-state index < -0.39 is 0 Å². The Balaban J connectivity index is 2.25. The number of fused-ring (bicyclic) bond motifs is 3. The van der Waals surface area contributed by atoms with E-state index in [1.54, 1.807) is 16.5 Å². The molecule has 0 radical (unpaired) electrons. The van der Waals surface area contributed by atoms with Gasteiger partial charge in [-0.2, -0.15) is 5.10 Å². The molecular weight excluding hydrogens is 304 g/mol. The lowest BCUT2D eigenvalue weighted by Crippen LogP contribution is -2.35. The highest BCUT2D eigenvalue weighted by Gasteiger charge is 2.24. The van der Waals surface area contributed by atoms with Crippen LogP contribution in [0.5, 0.6) is 0 Å². The molecule has 0 saturated carbocycles. The maximum absolute atomic E-state index is 12.5. The van der Waals surface area contributed by atoms with Crippen LogP contribution >= 0.6 is 0 Å². The summed E-state index contributed by atoms with van der Waals surface area (Å²) in [5.41, 5.74) is 1.55. The summed E-state index contributed by atoms with van der Waals surface area (Å²) in [4.78, 5) is 18.8. The van der Waals surface area contributed by atoms with E-state index in [0.717, 1.165) is 16.3 Å². The van der Waals surface area contributed by atoms with E-state index in [1.807, 2.05) is 37.5 Å². The average molecular weight is 326 g/mol. The van der Waals surface area contributed by atoms with Gasteiger partial charge >= 0.3 is 6.09 Å². The fourth-order valence-corrected chi connectivity index (χ4v) is 2.82. The van der Waals surface area contributed by atoms with Crippen molar-refractivity contribution in [3.8, 4) is 0 Å². The van der Waals surface area contributed by atoms with Gasteiger partial charge in [-0.1, -0.05) is 32.0 Å². The molecule has 0 spiro atoms. The van der Waals surface area contributed by atoms with Crippen LogP contribution < -0.4 is 4.90 Å². The predicted octanol–water partition coefficient (Wildman–Crippen LogP) is 3.74. The summed E-state index contributed by atoms with van der Waals surface area (Å²) >= 11 is 0. The van der Waals surface area contributed by atoms with Gasteiger partial charge in [0.1, 0.15) is 5.52 Å². The summed E-state index contributed by atoms with van der Waals surface area (Å²) in [6.07, 6.45) is 1.57. The van der Waals surface area contributed by atoms with Crippen molar-refractivity contribution in [1.29, 1.82) is 0 Å². The summed E-state index contributed by atoms with van der Waals surface area (Å²) in [6.45, 7) is 6.77. The molecule has 126 valence electrons. The van der Waals surface area contributed by atoms with Gasteiger partial charge in [0.05, 0.1) is 12.1 Å². The average Bonchev–Trinajstić information content (AvgIpc) is 2.93. The molecule has 6 nitrogen and oxygen atoms in total. The minimum absolute atomic E-state index is 0.279. The maximum atomic E-state index is 12.5. The molecule has 0 aliphatic heterocycles. The van der Waals surface area contributed by atoms with Gasteiger partial charge in [0, 0.05) is 30.6 Å². The molecule has 0 bridgehead atoms. The quantitative estimate of drug-likeness (QED) is 0.733. The van der Waals surface area contributed by atoms with Crippen LogP contribution in [-0.4, -0.2) is 34.0 Å². The Morgan fingerprint density at radius 3 is 2.75 bits per heavy atom. The number of aryl methyl sites for hydroxylation is 1. The van der Waals surface area contributed by atoms with Crippen LogP contribution in [0.2, 0.25) is 0 Å². The first-order valence-electron chi connectivity index (χ1n) is 8.17. The third kappa shape index (κ3) is 2.91. The lowest BCUT2D eigenvalue weighted by atomic mass is 10.1. The Bertz CT molecular complexity index is 885. The van der Waals surface area contributed by atoms with Crippen LogP contribution in [0.4, 0.5) is 10.6 Å². The maximum Gasteiger partial charge on any atom is 0.415 e. The predicted molar refractivity (Wildman–Crippen MR) is 95.2 cm³/mol. The molecule has 1 amide bonds. The zero-order chi connectivity index (χ0) is 17.3. The van der Waals surface area contributed by atoms with Crippen LogP contribution in [0.1, 0.15) is 20.8 Å². The molecule has 2 aromatic heterocycles. The highest BCUT2D eigenvalue weighted by molar-refractivity contribution is 6.10. The molecule has 0 fully saturated rings. The molecule has 1 aromatic carbocycles. The van der Waals surface area contributed by atoms with E-state index in [9.17, 15) is 4.79 Å². The van der Waals surface area contributed by atoms with Gasteiger partial charge in [0.15, 0.2) is 5.82 Å². The van der Waals surface area contributed by atoms with E-state index in [-0.39, 0.29) is 12.0 Å². The number of carbonyl (C=O) groups excluding carboxylic acids is 1. The van der Waals surface area contributed by atoms with Crippen molar-refractivity contribution in [2.24, 2.45) is 13.0 Å². The van der Waals surface area contributed by atoms with E-state index in [0.29, 0.717) is 24.5 Å². The topological polar surface area (TPSA) is 60.2 Å². The number of rotatable bonds is 4. The second-order valence-corrected chi connectivity index (χ2v) is 6.22. The number of carbonyl (C=O) groups is 1. The zero-order valence-corrected chi connectivity index (χ0v) is 14.5. The summed E-state index contributed by atoms with van der Waals surface area (Å²) < 4.78 is 6.99. The van der Waals surface area contributed by atoms with Gasteiger partial charge in [-0.15, -0.1) is 0 Å². The summed E-state index contributed by atoms with van der Waals surface area (Å²) in [5.74, 6) is 0.831. The van der Waals surface area contributed by atoms with Crippen molar-refractivity contribution in [1.82, 2.24) is 14.8 Å². The number of ether oxygens (including phenoxy) is 1. The van der Waals surface area contributed by atoms with Crippen molar-refractivity contribution < 1.29 is 9.53 Å². The first kappa shape index (κ1) is 16.2. The Labute approximate surface area is 141 Å². The van der Waals surface area contributed by atoms with Crippen LogP contribution in [-0.2, 0) is 11.8 Å². The molecule has 3 rings (SSSR count). The monoisotopic (exact) mass is 326 g/mol. The number of anilines is 1. The first-order chi connectivity index (χ1) is 11.5. The first-order valence-corrected chi connectivity index (χ1v) is 8.17. The van der Waals surface area contributed by atoms with Gasteiger partial charge in [0.25, 0.3) is 0 Å². The van der Waals surface area contributed by atoms with Crippen molar-refractivity contribution >= 4 is 33.7 Å². The third-order valence-electron chi connectivity index (χ3n) is 3.75. The number of pyridine rings is 1. The van der Waals surface area contributed by atoms with E-state index in [4.69, 9.17) is 9.72 Å². The number of amides is 1. The molecule has 0 aliphatic rings. The summed E-state index contributed by atoms with van der Waals surface area (Å²) in [5, 5.41) is 6.55. The van der Waals surface area contributed by atoms with Gasteiger partial charge < -0.3 is 4.74 Å². The van der Waals surface area contributed by atoms with Crippen molar-refractivity contribution in [3.05, 3.63) is 30.5 Å². The Morgan fingerprint density at radius 2 is 2.04 bits per heavy atom. The van der Waals surface area contributed by atoms with Crippen molar-refractivity contribution in [3.63, 3.8) is 0 Å². The molecule has 0 aliphatic carbocycles. The minimum atomic E-state index is -0.388. The normalized spacial score (nSPS) is 11.4. The Morgan fingerprint density at radius 1 is 1.29 bits per heavy atom. The van der Waals surface area contributed by atoms with Gasteiger partial charge in [0.2, 0.25) is 0 Å².